The Morgan fingerprint density at radius 1 is 1.39 bits per heavy atom. The minimum Gasteiger partial charge on any atom is -0.507 e. The molecule has 0 aliphatic rings. The number of phenolic OH excluding ortho intramolecular Hbond substituents is 1. The maximum absolute atomic E-state index is 12.8. The van der Waals surface area contributed by atoms with Gasteiger partial charge in [-0.05, 0) is 18.2 Å². The van der Waals surface area contributed by atoms with Crippen LogP contribution in [0.2, 0.25) is 5.15 Å². The third-order valence-electron chi connectivity index (χ3n) is 2.05. The molecule has 7 heteroatoms. The minimum absolute atomic E-state index is 0.00350. The van der Waals surface area contributed by atoms with E-state index in [1.807, 2.05) is 0 Å². The number of hydrogen-bond donors (Lipinski definition) is 2. The van der Waals surface area contributed by atoms with Gasteiger partial charge >= 0.3 is 0 Å². The molecule has 0 saturated heterocycles. The van der Waals surface area contributed by atoms with Crippen molar-refractivity contribution < 1.29 is 14.3 Å². The first-order valence-electron chi connectivity index (χ1n) is 4.84. The lowest BCUT2D eigenvalue weighted by molar-refractivity contribution is 0.102. The number of hydrogen-bond acceptors (Lipinski definition) is 4. The summed E-state index contributed by atoms with van der Waals surface area (Å²) in [5.74, 6) is -1.76. The van der Waals surface area contributed by atoms with Crippen molar-refractivity contribution >= 4 is 23.5 Å². The van der Waals surface area contributed by atoms with Crippen LogP contribution < -0.4 is 5.32 Å². The number of carbonyl (C=O) groups excluding carboxylic acids is 1. The topological polar surface area (TPSA) is 75.1 Å². The fourth-order valence-electron chi connectivity index (χ4n) is 1.26. The van der Waals surface area contributed by atoms with Gasteiger partial charge < -0.3 is 5.11 Å². The number of rotatable bonds is 2. The molecular weight excluding hydrogens is 261 g/mol. The van der Waals surface area contributed by atoms with Crippen molar-refractivity contribution in [1.29, 1.82) is 0 Å². The van der Waals surface area contributed by atoms with Gasteiger partial charge in [0.2, 0.25) is 5.95 Å². The van der Waals surface area contributed by atoms with E-state index < -0.39 is 17.5 Å². The van der Waals surface area contributed by atoms with Crippen molar-refractivity contribution in [2.45, 2.75) is 0 Å². The second-order valence-corrected chi connectivity index (χ2v) is 3.71. The molecule has 92 valence electrons. The SMILES string of the molecule is O=C(Nc1nccc(Cl)n1)c1ccc(F)cc1O. The van der Waals surface area contributed by atoms with E-state index in [1.165, 1.54) is 12.3 Å². The summed E-state index contributed by atoms with van der Waals surface area (Å²) >= 11 is 5.62. The van der Waals surface area contributed by atoms with Crippen molar-refractivity contribution in [3.05, 3.63) is 47.0 Å². The van der Waals surface area contributed by atoms with Crippen LogP contribution in [0.4, 0.5) is 10.3 Å². The number of carbonyl (C=O) groups is 1. The maximum Gasteiger partial charge on any atom is 0.261 e. The van der Waals surface area contributed by atoms with E-state index in [0.29, 0.717) is 0 Å². The summed E-state index contributed by atoms with van der Waals surface area (Å²) in [7, 11) is 0. The zero-order chi connectivity index (χ0) is 13.1. The highest BCUT2D eigenvalue weighted by Crippen LogP contribution is 2.19. The van der Waals surface area contributed by atoms with Gasteiger partial charge in [-0.2, -0.15) is 0 Å². The monoisotopic (exact) mass is 267 g/mol. The second kappa shape index (κ2) is 4.97. The quantitative estimate of drug-likeness (QED) is 0.818. The fraction of sp³-hybridized carbons (Fsp3) is 0. The number of halogens is 2. The van der Waals surface area contributed by atoms with Gasteiger partial charge in [0.25, 0.3) is 5.91 Å². The van der Waals surface area contributed by atoms with Crippen molar-refractivity contribution in [3.63, 3.8) is 0 Å². The Morgan fingerprint density at radius 2 is 2.17 bits per heavy atom. The Hall–Kier alpha value is -2.21. The summed E-state index contributed by atoms with van der Waals surface area (Å²) in [6, 6.07) is 4.51. The first-order valence-corrected chi connectivity index (χ1v) is 5.22. The van der Waals surface area contributed by atoms with Crippen LogP contribution in [0.1, 0.15) is 10.4 Å². The average molecular weight is 268 g/mol. The summed E-state index contributed by atoms with van der Waals surface area (Å²) in [4.78, 5) is 19.3. The van der Waals surface area contributed by atoms with Crippen LogP contribution in [0.3, 0.4) is 0 Å². The molecular formula is C11H7ClFN3O2. The normalized spacial score (nSPS) is 10.1. The van der Waals surface area contributed by atoms with Gasteiger partial charge in [-0.15, -0.1) is 0 Å². The molecule has 0 saturated carbocycles. The molecule has 0 radical (unpaired) electrons. The van der Waals surface area contributed by atoms with Gasteiger partial charge in [-0.25, -0.2) is 14.4 Å². The summed E-state index contributed by atoms with van der Waals surface area (Å²) in [6.45, 7) is 0. The lowest BCUT2D eigenvalue weighted by Crippen LogP contribution is -2.14. The second-order valence-electron chi connectivity index (χ2n) is 3.32. The first-order chi connectivity index (χ1) is 8.56. The predicted octanol–water partition coefficient (Wildman–Crippen LogP) is 2.23. The van der Waals surface area contributed by atoms with E-state index in [2.05, 4.69) is 15.3 Å². The smallest absolute Gasteiger partial charge is 0.261 e. The highest BCUT2D eigenvalue weighted by molar-refractivity contribution is 6.29. The molecule has 1 heterocycles. The molecule has 0 atom stereocenters. The highest BCUT2D eigenvalue weighted by Gasteiger charge is 2.13. The van der Waals surface area contributed by atoms with E-state index in [4.69, 9.17) is 11.6 Å². The predicted molar refractivity (Wildman–Crippen MR) is 63.1 cm³/mol. The maximum atomic E-state index is 12.8. The molecule has 0 aliphatic heterocycles. The van der Waals surface area contributed by atoms with Gasteiger partial charge in [0.15, 0.2) is 0 Å². The third-order valence-corrected chi connectivity index (χ3v) is 2.26. The van der Waals surface area contributed by atoms with Crippen LogP contribution >= 0.6 is 11.6 Å². The van der Waals surface area contributed by atoms with Crippen LogP contribution in [0.15, 0.2) is 30.5 Å². The lowest BCUT2D eigenvalue weighted by atomic mass is 10.2. The van der Waals surface area contributed by atoms with E-state index >= 15 is 0 Å². The van der Waals surface area contributed by atoms with Gasteiger partial charge in [0.1, 0.15) is 16.7 Å². The zero-order valence-electron chi connectivity index (χ0n) is 8.89. The standard InChI is InChI=1S/C11H7ClFN3O2/c12-9-3-4-14-11(15-9)16-10(18)7-2-1-6(13)5-8(7)17/h1-5,17H,(H,14,15,16,18). The zero-order valence-corrected chi connectivity index (χ0v) is 9.65. The van der Waals surface area contributed by atoms with Crippen LogP contribution in [-0.2, 0) is 0 Å². The Balaban J connectivity index is 2.22. The number of nitrogens with one attached hydrogen (secondary N) is 1. The largest absolute Gasteiger partial charge is 0.507 e. The van der Waals surface area contributed by atoms with Crippen LogP contribution in [0.5, 0.6) is 5.75 Å². The number of aromatic hydroxyl groups is 1. The van der Waals surface area contributed by atoms with Crippen molar-refractivity contribution in [2.24, 2.45) is 0 Å². The molecule has 0 bridgehead atoms. The Bertz CT molecular complexity index is 607. The first kappa shape index (κ1) is 12.3. The van der Waals surface area contributed by atoms with Crippen molar-refractivity contribution in [1.82, 2.24) is 9.97 Å². The molecule has 2 rings (SSSR count). The molecule has 5 nitrogen and oxygen atoms in total. The number of amides is 1. The number of benzene rings is 1. The Kier molecular flexibility index (Phi) is 3.38. The lowest BCUT2D eigenvalue weighted by Gasteiger charge is -2.05. The number of phenols is 1. The molecule has 0 aliphatic carbocycles. The van der Waals surface area contributed by atoms with E-state index in [9.17, 15) is 14.3 Å². The molecule has 1 aromatic carbocycles. The Labute approximate surface area is 106 Å². The van der Waals surface area contributed by atoms with Gasteiger partial charge in [-0.1, -0.05) is 11.6 Å². The molecule has 0 unspecified atom stereocenters. The van der Waals surface area contributed by atoms with Crippen molar-refractivity contribution in [3.8, 4) is 5.75 Å². The minimum atomic E-state index is -0.658. The van der Waals surface area contributed by atoms with Gasteiger partial charge in [0.05, 0.1) is 5.56 Å². The number of nitrogens with zero attached hydrogens (tertiary/aromatic N) is 2. The Morgan fingerprint density at radius 3 is 2.83 bits per heavy atom. The molecule has 2 aromatic rings. The third kappa shape index (κ3) is 2.72. The summed E-state index contributed by atoms with van der Waals surface area (Å²) < 4.78 is 12.8. The highest BCUT2D eigenvalue weighted by atomic mass is 35.5. The summed E-state index contributed by atoms with van der Waals surface area (Å²) in [6.07, 6.45) is 1.37. The molecule has 2 N–H and O–H groups in total. The van der Waals surface area contributed by atoms with Crippen LogP contribution in [0.25, 0.3) is 0 Å². The number of anilines is 1. The molecule has 18 heavy (non-hydrogen) atoms. The molecule has 0 spiro atoms. The fourth-order valence-corrected chi connectivity index (χ4v) is 1.40. The van der Waals surface area contributed by atoms with E-state index in [1.54, 1.807) is 0 Å². The number of aromatic nitrogens is 2. The summed E-state index contributed by atoms with van der Waals surface area (Å²) in [5.41, 5.74) is -0.0834. The van der Waals surface area contributed by atoms with Gasteiger partial charge in [0, 0.05) is 12.3 Å². The van der Waals surface area contributed by atoms with Crippen molar-refractivity contribution in [2.75, 3.05) is 5.32 Å². The van der Waals surface area contributed by atoms with Crippen LogP contribution in [-0.4, -0.2) is 21.0 Å². The molecule has 1 amide bonds. The van der Waals surface area contributed by atoms with Gasteiger partial charge in [-0.3, -0.25) is 10.1 Å². The molecule has 1 aromatic heterocycles. The van der Waals surface area contributed by atoms with E-state index in [0.717, 1.165) is 18.2 Å². The average Bonchev–Trinajstić information content (AvgIpc) is 2.28. The van der Waals surface area contributed by atoms with Crippen LogP contribution in [0, 0.1) is 5.82 Å². The summed E-state index contributed by atoms with van der Waals surface area (Å²) in [5, 5.41) is 11.9. The molecule has 0 fully saturated rings. The van der Waals surface area contributed by atoms with E-state index in [-0.39, 0.29) is 16.7 Å².